The van der Waals surface area contributed by atoms with Crippen LogP contribution in [-0.2, 0) is 6.42 Å². The average molecular weight is 166 g/mol. The predicted octanol–water partition coefficient (Wildman–Crippen LogP) is 0.980. The third kappa shape index (κ3) is 2.20. The number of hydrogen-bond acceptors (Lipinski definition) is 3. The van der Waals surface area contributed by atoms with Crippen LogP contribution in [0.5, 0.6) is 5.75 Å². The summed E-state index contributed by atoms with van der Waals surface area (Å²) in [5.74, 6) is 0.863. The Hall–Kier alpha value is -1.09. The Morgan fingerprint density at radius 3 is 3.00 bits per heavy atom. The van der Waals surface area contributed by atoms with Gasteiger partial charge in [-0.2, -0.15) is 0 Å². The van der Waals surface area contributed by atoms with E-state index in [0.29, 0.717) is 0 Å². The highest BCUT2D eigenvalue weighted by atomic mass is 16.5. The van der Waals surface area contributed by atoms with E-state index in [1.807, 2.05) is 13.0 Å². The molecule has 12 heavy (non-hydrogen) atoms. The van der Waals surface area contributed by atoms with Gasteiger partial charge in [-0.3, -0.25) is 4.98 Å². The SMILES string of the molecule is COc1ccncc1C[C@@H](C)N. The topological polar surface area (TPSA) is 48.1 Å². The van der Waals surface area contributed by atoms with Crippen LogP contribution in [0.25, 0.3) is 0 Å². The lowest BCUT2D eigenvalue weighted by Crippen LogP contribution is -2.18. The summed E-state index contributed by atoms with van der Waals surface area (Å²) in [6.07, 6.45) is 4.31. The average Bonchev–Trinajstić information content (AvgIpc) is 2.04. The molecule has 0 saturated carbocycles. The van der Waals surface area contributed by atoms with E-state index >= 15 is 0 Å². The number of aromatic nitrogens is 1. The molecule has 0 radical (unpaired) electrons. The third-order valence-electron chi connectivity index (χ3n) is 1.62. The number of hydrogen-bond donors (Lipinski definition) is 1. The van der Waals surface area contributed by atoms with Crippen LogP contribution in [0.2, 0.25) is 0 Å². The summed E-state index contributed by atoms with van der Waals surface area (Å²) >= 11 is 0. The molecule has 2 N–H and O–H groups in total. The molecule has 0 fully saturated rings. The van der Waals surface area contributed by atoms with E-state index in [-0.39, 0.29) is 6.04 Å². The zero-order valence-corrected chi connectivity index (χ0v) is 7.45. The summed E-state index contributed by atoms with van der Waals surface area (Å²) in [5.41, 5.74) is 6.73. The van der Waals surface area contributed by atoms with Crippen molar-refractivity contribution in [3.63, 3.8) is 0 Å². The zero-order chi connectivity index (χ0) is 8.97. The van der Waals surface area contributed by atoms with E-state index in [1.165, 1.54) is 0 Å². The largest absolute Gasteiger partial charge is 0.496 e. The minimum absolute atomic E-state index is 0.142. The van der Waals surface area contributed by atoms with Crippen molar-refractivity contribution < 1.29 is 4.74 Å². The van der Waals surface area contributed by atoms with E-state index in [1.54, 1.807) is 19.5 Å². The van der Waals surface area contributed by atoms with E-state index in [4.69, 9.17) is 10.5 Å². The number of pyridine rings is 1. The van der Waals surface area contributed by atoms with Gasteiger partial charge in [0.1, 0.15) is 5.75 Å². The van der Waals surface area contributed by atoms with Gasteiger partial charge in [0.15, 0.2) is 0 Å². The highest BCUT2D eigenvalue weighted by molar-refractivity contribution is 5.30. The van der Waals surface area contributed by atoms with E-state index in [0.717, 1.165) is 17.7 Å². The molecule has 0 bridgehead atoms. The minimum Gasteiger partial charge on any atom is -0.496 e. The van der Waals surface area contributed by atoms with Crippen molar-refractivity contribution in [3.05, 3.63) is 24.0 Å². The maximum atomic E-state index is 5.66. The van der Waals surface area contributed by atoms with Crippen LogP contribution in [0.1, 0.15) is 12.5 Å². The first kappa shape index (κ1) is 9.00. The smallest absolute Gasteiger partial charge is 0.125 e. The Morgan fingerprint density at radius 2 is 2.42 bits per heavy atom. The fourth-order valence-corrected chi connectivity index (χ4v) is 1.11. The van der Waals surface area contributed by atoms with Crippen LogP contribution >= 0.6 is 0 Å². The van der Waals surface area contributed by atoms with E-state index in [9.17, 15) is 0 Å². The van der Waals surface area contributed by atoms with Gasteiger partial charge in [-0.1, -0.05) is 0 Å². The Balaban J connectivity index is 2.82. The summed E-state index contributed by atoms with van der Waals surface area (Å²) in [6.45, 7) is 1.96. The summed E-state index contributed by atoms with van der Waals surface area (Å²) in [6, 6.07) is 1.99. The molecule has 0 aliphatic carbocycles. The summed E-state index contributed by atoms with van der Waals surface area (Å²) in [7, 11) is 1.65. The standard InChI is InChI=1S/C9H14N2O/c1-7(10)5-8-6-11-4-3-9(8)12-2/h3-4,6-7H,5,10H2,1-2H3/t7-/m1/s1. The molecule has 0 saturated heterocycles. The third-order valence-corrected chi connectivity index (χ3v) is 1.62. The van der Waals surface area contributed by atoms with Crippen LogP contribution in [-0.4, -0.2) is 18.1 Å². The van der Waals surface area contributed by atoms with Crippen molar-refractivity contribution in [1.29, 1.82) is 0 Å². The quantitative estimate of drug-likeness (QED) is 0.728. The predicted molar refractivity (Wildman–Crippen MR) is 48.1 cm³/mol. The molecule has 1 aromatic rings. The van der Waals surface area contributed by atoms with Crippen molar-refractivity contribution in [2.24, 2.45) is 5.73 Å². The van der Waals surface area contributed by atoms with Gasteiger partial charge in [-0.25, -0.2) is 0 Å². The Labute approximate surface area is 72.6 Å². The van der Waals surface area contributed by atoms with Gasteiger partial charge in [0, 0.05) is 24.0 Å². The maximum Gasteiger partial charge on any atom is 0.125 e. The molecule has 0 unspecified atom stereocenters. The van der Waals surface area contributed by atoms with Crippen LogP contribution in [0.3, 0.4) is 0 Å². The Morgan fingerprint density at radius 1 is 1.67 bits per heavy atom. The maximum absolute atomic E-state index is 5.66. The van der Waals surface area contributed by atoms with Crippen molar-refractivity contribution in [3.8, 4) is 5.75 Å². The molecule has 1 heterocycles. The molecule has 1 rings (SSSR count). The first-order valence-corrected chi connectivity index (χ1v) is 3.96. The highest BCUT2D eigenvalue weighted by Gasteiger charge is 2.03. The van der Waals surface area contributed by atoms with Crippen LogP contribution in [0, 0.1) is 0 Å². The number of nitrogens with zero attached hydrogens (tertiary/aromatic N) is 1. The second kappa shape index (κ2) is 4.07. The molecule has 0 amide bonds. The monoisotopic (exact) mass is 166 g/mol. The fourth-order valence-electron chi connectivity index (χ4n) is 1.11. The van der Waals surface area contributed by atoms with Gasteiger partial charge in [0.2, 0.25) is 0 Å². The number of rotatable bonds is 3. The molecule has 0 aliphatic rings. The Kier molecular flexibility index (Phi) is 3.05. The molecule has 3 heteroatoms. The minimum atomic E-state index is 0.142. The van der Waals surface area contributed by atoms with Gasteiger partial charge in [-0.05, 0) is 19.4 Å². The van der Waals surface area contributed by atoms with Gasteiger partial charge >= 0.3 is 0 Å². The fraction of sp³-hybridized carbons (Fsp3) is 0.444. The second-order valence-corrected chi connectivity index (χ2v) is 2.87. The zero-order valence-electron chi connectivity index (χ0n) is 7.45. The summed E-state index contributed by atoms with van der Waals surface area (Å²) in [4.78, 5) is 4.01. The lowest BCUT2D eigenvalue weighted by Gasteiger charge is -2.08. The first-order chi connectivity index (χ1) is 5.74. The van der Waals surface area contributed by atoms with Crippen molar-refractivity contribution >= 4 is 0 Å². The number of methoxy groups -OCH3 is 1. The second-order valence-electron chi connectivity index (χ2n) is 2.87. The molecule has 0 aliphatic heterocycles. The van der Waals surface area contributed by atoms with Crippen LogP contribution < -0.4 is 10.5 Å². The van der Waals surface area contributed by atoms with Crippen LogP contribution in [0.4, 0.5) is 0 Å². The molecule has 1 atom stereocenters. The molecule has 0 aromatic carbocycles. The van der Waals surface area contributed by atoms with Gasteiger partial charge in [0.25, 0.3) is 0 Å². The van der Waals surface area contributed by atoms with Gasteiger partial charge < -0.3 is 10.5 Å². The van der Waals surface area contributed by atoms with Gasteiger partial charge in [0.05, 0.1) is 7.11 Å². The summed E-state index contributed by atoms with van der Waals surface area (Å²) in [5, 5.41) is 0. The number of ether oxygens (including phenoxy) is 1. The van der Waals surface area contributed by atoms with E-state index in [2.05, 4.69) is 4.98 Å². The number of nitrogens with two attached hydrogens (primary N) is 1. The van der Waals surface area contributed by atoms with Gasteiger partial charge in [-0.15, -0.1) is 0 Å². The van der Waals surface area contributed by atoms with Crippen molar-refractivity contribution in [2.75, 3.05) is 7.11 Å². The molecule has 3 nitrogen and oxygen atoms in total. The highest BCUT2D eigenvalue weighted by Crippen LogP contribution is 2.16. The molecular formula is C9H14N2O. The lowest BCUT2D eigenvalue weighted by atomic mass is 10.1. The lowest BCUT2D eigenvalue weighted by molar-refractivity contribution is 0.407. The molecule has 1 aromatic heterocycles. The van der Waals surface area contributed by atoms with Crippen molar-refractivity contribution in [1.82, 2.24) is 4.98 Å². The normalized spacial score (nSPS) is 12.6. The molecule has 66 valence electrons. The molecular weight excluding hydrogens is 152 g/mol. The first-order valence-electron chi connectivity index (χ1n) is 3.96. The summed E-state index contributed by atoms with van der Waals surface area (Å²) < 4.78 is 5.15. The Bertz CT molecular complexity index is 248. The van der Waals surface area contributed by atoms with Crippen molar-refractivity contribution in [2.45, 2.75) is 19.4 Å². The van der Waals surface area contributed by atoms with E-state index < -0.39 is 0 Å². The van der Waals surface area contributed by atoms with Crippen LogP contribution in [0.15, 0.2) is 18.5 Å². The molecule has 0 spiro atoms.